The van der Waals surface area contributed by atoms with Crippen LogP contribution in [0.25, 0.3) is 0 Å². The molecule has 1 heterocycles. The fourth-order valence-corrected chi connectivity index (χ4v) is 2.48. The van der Waals surface area contributed by atoms with Gasteiger partial charge in [-0.15, -0.1) is 0 Å². The first kappa shape index (κ1) is 16.9. The molecule has 0 saturated carbocycles. The number of hydrogen-bond donors (Lipinski definition) is 3. The summed E-state index contributed by atoms with van der Waals surface area (Å²) in [5, 5.41) is 14.4. The number of nitrogens with zero attached hydrogens (tertiary/aromatic N) is 2. The quantitative estimate of drug-likeness (QED) is 0.342. The molecule has 6 nitrogen and oxygen atoms in total. The first-order valence-electron chi connectivity index (χ1n) is 6.80. The van der Waals surface area contributed by atoms with E-state index in [1.54, 1.807) is 12.1 Å². The number of hydrogen-bond acceptors (Lipinski definition) is 4. The molecule has 6 heteroatoms. The summed E-state index contributed by atoms with van der Waals surface area (Å²) >= 11 is 0. The zero-order valence-electron chi connectivity index (χ0n) is 13.3. The predicted molar refractivity (Wildman–Crippen MR) is 82.4 cm³/mol. The second-order valence-electron chi connectivity index (χ2n) is 6.99. The smallest absolute Gasteiger partial charge is 0.270 e. The number of carbonyl (C=O) groups excluding carboxylic acids is 1. The lowest BCUT2D eigenvalue weighted by Crippen LogP contribution is -2.46. The van der Waals surface area contributed by atoms with Crippen molar-refractivity contribution < 1.29 is 10.0 Å². The van der Waals surface area contributed by atoms with E-state index in [1.807, 2.05) is 13.8 Å². The van der Waals surface area contributed by atoms with Crippen molar-refractivity contribution in [2.24, 2.45) is 16.3 Å². The Balaban J connectivity index is 2.80. The molecule has 0 aliphatic carbocycles. The molecule has 0 bridgehead atoms. The van der Waals surface area contributed by atoms with Gasteiger partial charge in [0.25, 0.3) is 5.91 Å². The van der Waals surface area contributed by atoms with Crippen molar-refractivity contribution in [1.29, 1.82) is 0 Å². The molecule has 0 aliphatic heterocycles. The van der Waals surface area contributed by atoms with E-state index in [-0.39, 0.29) is 22.7 Å². The van der Waals surface area contributed by atoms with Gasteiger partial charge in [-0.1, -0.05) is 25.9 Å². The molecule has 0 fully saturated rings. The van der Waals surface area contributed by atoms with Crippen LogP contribution in [-0.2, 0) is 0 Å². The molecule has 1 aromatic heterocycles. The van der Waals surface area contributed by atoms with Crippen LogP contribution in [0.15, 0.2) is 23.5 Å². The van der Waals surface area contributed by atoms with E-state index in [0.29, 0.717) is 11.3 Å². The van der Waals surface area contributed by atoms with Crippen LogP contribution >= 0.6 is 0 Å². The van der Waals surface area contributed by atoms with Crippen LogP contribution in [0.1, 0.15) is 57.1 Å². The number of amidine groups is 1. The van der Waals surface area contributed by atoms with Crippen molar-refractivity contribution in [3.05, 3.63) is 29.6 Å². The number of nitrogens with one attached hydrogen (secondary N) is 1. The summed E-state index contributed by atoms with van der Waals surface area (Å²) < 4.78 is 0. The second-order valence-corrected chi connectivity index (χ2v) is 6.99. The molecule has 1 aromatic rings. The summed E-state index contributed by atoms with van der Waals surface area (Å²) in [5.74, 6) is -0.280. The summed E-state index contributed by atoms with van der Waals surface area (Å²) in [6.07, 6.45) is 2.24. The Morgan fingerprint density at radius 1 is 1.33 bits per heavy atom. The average Bonchev–Trinajstić information content (AvgIpc) is 2.34. The Morgan fingerprint density at radius 3 is 2.38 bits per heavy atom. The molecule has 0 saturated heterocycles. The zero-order valence-corrected chi connectivity index (χ0v) is 13.3. The second kappa shape index (κ2) is 6.11. The maximum atomic E-state index is 12.2. The molecule has 1 rings (SSSR count). The van der Waals surface area contributed by atoms with Gasteiger partial charge in [0.2, 0.25) is 0 Å². The lowest BCUT2D eigenvalue weighted by Gasteiger charge is -2.33. The summed E-state index contributed by atoms with van der Waals surface area (Å²) in [7, 11) is 0. The number of carbonyl (C=O) groups is 1. The van der Waals surface area contributed by atoms with E-state index in [0.717, 1.165) is 6.42 Å². The first-order valence-corrected chi connectivity index (χ1v) is 6.80. The van der Waals surface area contributed by atoms with Crippen molar-refractivity contribution in [3.8, 4) is 0 Å². The van der Waals surface area contributed by atoms with Crippen molar-refractivity contribution >= 4 is 11.7 Å². The third-order valence-electron chi connectivity index (χ3n) is 2.82. The molecule has 0 radical (unpaired) electrons. The molecule has 0 unspecified atom stereocenters. The van der Waals surface area contributed by atoms with E-state index >= 15 is 0 Å². The van der Waals surface area contributed by atoms with Crippen LogP contribution in [0.5, 0.6) is 0 Å². The largest absolute Gasteiger partial charge is 0.409 e. The number of amides is 1. The molecule has 1 amide bonds. The van der Waals surface area contributed by atoms with E-state index in [1.165, 1.54) is 6.20 Å². The molecule has 21 heavy (non-hydrogen) atoms. The first-order chi connectivity index (χ1) is 9.54. The van der Waals surface area contributed by atoms with Gasteiger partial charge in [0, 0.05) is 17.3 Å². The summed E-state index contributed by atoms with van der Waals surface area (Å²) in [4.78, 5) is 16.3. The van der Waals surface area contributed by atoms with Crippen LogP contribution in [0.4, 0.5) is 0 Å². The van der Waals surface area contributed by atoms with Crippen molar-refractivity contribution in [3.63, 3.8) is 0 Å². The van der Waals surface area contributed by atoms with Gasteiger partial charge in [0.1, 0.15) is 5.69 Å². The maximum absolute atomic E-state index is 12.2. The summed E-state index contributed by atoms with van der Waals surface area (Å²) in [6, 6.07) is 3.14. The van der Waals surface area contributed by atoms with Gasteiger partial charge in [0.05, 0.1) is 0 Å². The Morgan fingerprint density at radius 2 is 1.95 bits per heavy atom. The van der Waals surface area contributed by atoms with Gasteiger partial charge < -0.3 is 16.3 Å². The highest BCUT2D eigenvalue weighted by Crippen LogP contribution is 2.26. The minimum atomic E-state index is -0.332. The minimum absolute atomic E-state index is 0.0393. The molecule has 0 aromatic carbocycles. The summed E-state index contributed by atoms with van der Waals surface area (Å²) in [5.41, 5.74) is 5.99. The highest BCUT2D eigenvalue weighted by Gasteiger charge is 2.27. The van der Waals surface area contributed by atoms with Gasteiger partial charge in [-0.25, -0.2) is 0 Å². The van der Waals surface area contributed by atoms with Crippen LogP contribution < -0.4 is 11.1 Å². The topological polar surface area (TPSA) is 101 Å². The van der Waals surface area contributed by atoms with Gasteiger partial charge in [0.15, 0.2) is 5.84 Å². The van der Waals surface area contributed by atoms with E-state index in [2.05, 4.69) is 36.2 Å². The van der Waals surface area contributed by atoms with Crippen molar-refractivity contribution in [1.82, 2.24) is 10.3 Å². The summed E-state index contributed by atoms with van der Waals surface area (Å²) in [6.45, 7) is 10.4. The normalized spacial score (nSPS) is 13.1. The number of nitrogens with two attached hydrogens (primary N) is 1. The Hall–Kier alpha value is -2.11. The van der Waals surface area contributed by atoms with Crippen molar-refractivity contribution in [2.45, 2.75) is 46.6 Å². The Kier molecular flexibility index (Phi) is 4.93. The Labute approximate surface area is 125 Å². The molecule has 4 N–H and O–H groups in total. The van der Waals surface area contributed by atoms with Crippen LogP contribution in [0.3, 0.4) is 0 Å². The number of oxime groups is 1. The molecular weight excluding hydrogens is 268 g/mol. The van der Waals surface area contributed by atoms with Crippen LogP contribution in [0, 0.1) is 5.41 Å². The number of aromatic nitrogens is 1. The van der Waals surface area contributed by atoms with Gasteiger partial charge in [-0.05, 0) is 37.8 Å². The van der Waals surface area contributed by atoms with E-state index in [4.69, 9.17) is 10.9 Å². The van der Waals surface area contributed by atoms with Crippen LogP contribution in [-0.4, -0.2) is 27.5 Å². The third-order valence-corrected chi connectivity index (χ3v) is 2.82. The minimum Gasteiger partial charge on any atom is -0.409 e. The molecule has 116 valence electrons. The standard InChI is InChI=1S/C15H24N4O2/c1-14(2,3)9-15(4,5)18-13(20)11-7-6-10(8-17-11)12(16)19-21/h6-8,21H,9H2,1-5H3,(H2,16,19)(H,18,20). The zero-order chi connectivity index (χ0) is 16.3. The molecular formula is C15H24N4O2. The lowest BCUT2D eigenvalue weighted by atomic mass is 9.82. The van der Waals surface area contributed by atoms with E-state index in [9.17, 15) is 4.79 Å². The van der Waals surface area contributed by atoms with Crippen molar-refractivity contribution in [2.75, 3.05) is 0 Å². The molecule has 0 aliphatic rings. The van der Waals surface area contributed by atoms with Gasteiger partial charge >= 0.3 is 0 Å². The molecule has 0 atom stereocenters. The lowest BCUT2D eigenvalue weighted by molar-refractivity contribution is 0.0886. The Bertz CT molecular complexity index is 528. The molecule has 0 spiro atoms. The highest BCUT2D eigenvalue weighted by atomic mass is 16.4. The van der Waals surface area contributed by atoms with E-state index < -0.39 is 0 Å². The predicted octanol–water partition coefficient (Wildman–Crippen LogP) is 2.12. The number of pyridine rings is 1. The van der Waals surface area contributed by atoms with Crippen LogP contribution in [0.2, 0.25) is 0 Å². The van der Waals surface area contributed by atoms with Gasteiger partial charge in [-0.2, -0.15) is 0 Å². The maximum Gasteiger partial charge on any atom is 0.270 e. The average molecular weight is 292 g/mol. The monoisotopic (exact) mass is 292 g/mol. The number of rotatable bonds is 4. The fourth-order valence-electron chi connectivity index (χ4n) is 2.48. The fraction of sp³-hybridized carbons (Fsp3) is 0.533. The SMILES string of the molecule is CC(C)(C)CC(C)(C)NC(=O)c1ccc(C(N)=NO)cn1. The third kappa shape index (κ3) is 5.41. The highest BCUT2D eigenvalue weighted by molar-refractivity contribution is 5.98. The van der Waals surface area contributed by atoms with Gasteiger partial charge in [-0.3, -0.25) is 9.78 Å².